The van der Waals surface area contributed by atoms with E-state index in [9.17, 15) is 14.4 Å². The highest BCUT2D eigenvalue weighted by atomic mass is 32.1. The second kappa shape index (κ2) is 10.1. The average Bonchev–Trinajstić information content (AvgIpc) is 3.47. The number of anilines is 2. The Balaban J connectivity index is 1.55. The predicted molar refractivity (Wildman–Crippen MR) is 131 cm³/mol. The van der Waals surface area contributed by atoms with Crippen LogP contribution in [0.15, 0.2) is 60.0 Å². The van der Waals surface area contributed by atoms with Crippen LogP contribution < -0.4 is 15.0 Å². The molecule has 2 atom stereocenters. The number of benzene rings is 2. The first-order chi connectivity index (χ1) is 16.4. The van der Waals surface area contributed by atoms with Gasteiger partial charge in [-0.2, -0.15) is 0 Å². The number of esters is 1. The molecule has 2 heterocycles. The molecule has 4 rings (SSSR count). The fourth-order valence-electron chi connectivity index (χ4n) is 4.06. The van der Waals surface area contributed by atoms with Gasteiger partial charge in [0.1, 0.15) is 5.75 Å². The van der Waals surface area contributed by atoms with Crippen LogP contribution in [-0.4, -0.2) is 31.5 Å². The Morgan fingerprint density at radius 3 is 2.53 bits per heavy atom. The van der Waals surface area contributed by atoms with Gasteiger partial charge in [-0.15, -0.1) is 11.3 Å². The number of hydrogen-bond donors (Lipinski definition) is 1. The van der Waals surface area contributed by atoms with Crippen molar-refractivity contribution in [2.45, 2.75) is 26.3 Å². The van der Waals surface area contributed by atoms with Crippen LogP contribution in [0.2, 0.25) is 0 Å². The summed E-state index contributed by atoms with van der Waals surface area (Å²) in [5, 5.41) is 4.94. The topological polar surface area (TPSA) is 84.9 Å². The number of rotatable bonds is 7. The van der Waals surface area contributed by atoms with Gasteiger partial charge in [0.2, 0.25) is 11.8 Å². The Hall–Kier alpha value is -3.65. The SMILES string of the molecule is COC(=O)COc1ccc(NC(=O)C2CC(=O)N(c3ccc(C)cc3)C2c2cccs2)c(C)c1. The number of aryl methyl sites for hydroxylation is 2. The number of methoxy groups -OCH3 is 1. The second-order valence-electron chi connectivity index (χ2n) is 8.20. The predicted octanol–water partition coefficient (Wildman–Crippen LogP) is 4.65. The largest absolute Gasteiger partial charge is 0.482 e. The van der Waals surface area contributed by atoms with Crippen LogP contribution in [0.1, 0.15) is 28.5 Å². The lowest BCUT2D eigenvalue weighted by atomic mass is 9.97. The van der Waals surface area contributed by atoms with Crippen molar-refractivity contribution < 1.29 is 23.9 Å². The number of thiophene rings is 1. The molecule has 34 heavy (non-hydrogen) atoms. The maximum Gasteiger partial charge on any atom is 0.343 e. The fourth-order valence-corrected chi connectivity index (χ4v) is 4.94. The maximum absolute atomic E-state index is 13.4. The molecule has 1 aliphatic heterocycles. The molecule has 1 N–H and O–H groups in total. The summed E-state index contributed by atoms with van der Waals surface area (Å²) in [7, 11) is 1.30. The molecule has 8 heteroatoms. The van der Waals surface area contributed by atoms with Crippen molar-refractivity contribution in [3.63, 3.8) is 0 Å². The molecule has 2 amide bonds. The number of nitrogens with one attached hydrogen (secondary N) is 1. The molecular weight excluding hydrogens is 452 g/mol. The second-order valence-corrected chi connectivity index (χ2v) is 9.18. The summed E-state index contributed by atoms with van der Waals surface area (Å²) < 4.78 is 9.99. The maximum atomic E-state index is 13.4. The average molecular weight is 479 g/mol. The molecule has 0 radical (unpaired) electrons. The molecule has 0 spiro atoms. The molecule has 3 aromatic rings. The van der Waals surface area contributed by atoms with Crippen LogP contribution in [0.4, 0.5) is 11.4 Å². The van der Waals surface area contributed by atoms with Crippen LogP contribution in [-0.2, 0) is 19.1 Å². The Morgan fingerprint density at radius 1 is 1.12 bits per heavy atom. The normalized spacial score (nSPS) is 17.5. The minimum atomic E-state index is -0.540. The zero-order valence-corrected chi connectivity index (χ0v) is 20.1. The van der Waals surface area contributed by atoms with E-state index in [-0.39, 0.29) is 30.9 Å². The molecule has 2 aromatic carbocycles. The smallest absolute Gasteiger partial charge is 0.343 e. The molecular formula is C26H26N2O5S. The number of nitrogens with zero attached hydrogens (tertiary/aromatic N) is 1. The summed E-state index contributed by atoms with van der Waals surface area (Å²) in [5.74, 6) is -0.807. The van der Waals surface area contributed by atoms with Crippen LogP contribution in [0.3, 0.4) is 0 Å². The van der Waals surface area contributed by atoms with Crippen molar-refractivity contribution in [1.82, 2.24) is 0 Å². The number of ether oxygens (including phenoxy) is 2. The van der Waals surface area contributed by atoms with Gasteiger partial charge in [-0.1, -0.05) is 23.8 Å². The third-order valence-electron chi connectivity index (χ3n) is 5.85. The standard InChI is InChI=1S/C26H26N2O5S/c1-16-6-8-18(9-7-16)28-23(29)14-20(25(28)22-5-4-12-34-22)26(31)27-21-11-10-19(13-17(21)2)33-15-24(30)32-3/h4-13,20,25H,14-15H2,1-3H3,(H,27,31). The first-order valence-corrected chi connectivity index (χ1v) is 11.8. The van der Waals surface area contributed by atoms with E-state index in [1.807, 2.05) is 55.6 Å². The summed E-state index contributed by atoms with van der Waals surface area (Å²) in [6.07, 6.45) is 0.127. The number of carbonyl (C=O) groups excluding carboxylic acids is 3. The van der Waals surface area contributed by atoms with Gasteiger partial charge in [0.15, 0.2) is 6.61 Å². The third kappa shape index (κ3) is 4.97. The summed E-state index contributed by atoms with van der Waals surface area (Å²) in [5.41, 5.74) is 3.30. The van der Waals surface area contributed by atoms with Crippen molar-refractivity contribution in [1.29, 1.82) is 0 Å². The quantitative estimate of drug-likeness (QED) is 0.500. The first kappa shape index (κ1) is 23.5. The van der Waals surface area contributed by atoms with Crippen molar-refractivity contribution in [2.75, 3.05) is 23.9 Å². The molecule has 1 saturated heterocycles. The van der Waals surface area contributed by atoms with E-state index in [1.165, 1.54) is 18.4 Å². The van der Waals surface area contributed by atoms with Crippen LogP contribution in [0.25, 0.3) is 0 Å². The fraction of sp³-hybridized carbons (Fsp3) is 0.269. The van der Waals surface area contributed by atoms with Crippen LogP contribution in [0, 0.1) is 19.8 Å². The van der Waals surface area contributed by atoms with Gasteiger partial charge in [0.25, 0.3) is 0 Å². The van der Waals surface area contributed by atoms with E-state index in [0.717, 1.165) is 21.7 Å². The van der Waals surface area contributed by atoms with Gasteiger partial charge >= 0.3 is 5.97 Å². The molecule has 0 bridgehead atoms. The van der Waals surface area contributed by atoms with Gasteiger partial charge < -0.3 is 19.7 Å². The minimum absolute atomic E-state index is 0.0781. The van der Waals surface area contributed by atoms with Gasteiger partial charge in [-0.25, -0.2) is 4.79 Å². The van der Waals surface area contributed by atoms with Crippen molar-refractivity contribution in [3.8, 4) is 5.75 Å². The summed E-state index contributed by atoms with van der Waals surface area (Å²) in [4.78, 5) is 40.5. The highest BCUT2D eigenvalue weighted by Gasteiger charge is 2.45. The van der Waals surface area contributed by atoms with Crippen molar-refractivity contribution in [2.24, 2.45) is 5.92 Å². The van der Waals surface area contributed by atoms with Gasteiger partial charge in [0, 0.05) is 22.7 Å². The zero-order chi connectivity index (χ0) is 24.2. The lowest BCUT2D eigenvalue weighted by Gasteiger charge is -2.27. The Bertz CT molecular complexity index is 1190. The summed E-state index contributed by atoms with van der Waals surface area (Å²) in [6, 6.07) is 16.5. The Labute approximate surface area is 202 Å². The van der Waals surface area contributed by atoms with E-state index in [4.69, 9.17) is 4.74 Å². The number of carbonyl (C=O) groups is 3. The number of amides is 2. The molecule has 176 valence electrons. The van der Waals surface area contributed by atoms with Crippen LogP contribution >= 0.6 is 11.3 Å². The zero-order valence-electron chi connectivity index (χ0n) is 19.2. The van der Waals surface area contributed by atoms with E-state index >= 15 is 0 Å². The van der Waals surface area contributed by atoms with Crippen molar-refractivity contribution >= 4 is 40.5 Å². The van der Waals surface area contributed by atoms with E-state index in [0.29, 0.717) is 11.4 Å². The monoisotopic (exact) mass is 478 g/mol. The molecule has 0 saturated carbocycles. The molecule has 0 aliphatic carbocycles. The Morgan fingerprint density at radius 2 is 1.88 bits per heavy atom. The van der Waals surface area contributed by atoms with E-state index in [1.54, 1.807) is 23.1 Å². The lowest BCUT2D eigenvalue weighted by molar-refractivity contribution is -0.142. The first-order valence-electron chi connectivity index (χ1n) is 10.9. The van der Waals surface area contributed by atoms with E-state index < -0.39 is 11.9 Å². The van der Waals surface area contributed by atoms with Crippen molar-refractivity contribution in [3.05, 3.63) is 76.0 Å². The number of hydrogen-bond acceptors (Lipinski definition) is 6. The third-order valence-corrected chi connectivity index (χ3v) is 6.79. The highest BCUT2D eigenvalue weighted by molar-refractivity contribution is 7.10. The van der Waals surface area contributed by atoms with Gasteiger partial charge in [0.05, 0.1) is 19.1 Å². The molecule has 7 nitrogen and oxygen atoms in total. The lowest BCUT2D eigenvalue weighted by Crippen LogP contribution is -2.32. The van der Waals surface area contributed by atoms with Gasteiger partial charge in [-0.05, 0) is 61.2 Å². The highest BCUT2D eigenvalue weighted by Crippen LogP contribution is 2.43. The molecule has 1 aliphatic rings. The minimum Gasteiger partial charge on any atom is -0.482 e. The molecule has 2 unspecified atom stereocenters. The molecule has 1 aromatic heterocycles. The summed E-state index contributed by atoms with van der Waals surface area (Å²) >= 11 is 1.54. The summed E-state index contributed by atoms with van der Waals surface area (Å²) in [6.45, 7) is 3.65. The molecule has 1 fully saturated rings. The Kier molecular flexibility index (Phi) is 6.98. The van der Waals surface area contributed by atoms with Crippen LogP contribution in [0.5, 0.6) is 5.75 Å². The van der Waals surface area contributed by atoms with Gasteiger partial charge in [-0.3, -0.25) is 9.59 Å². The van der Waals surface area contributed by atoms with E-state index in [2.05, 4.69) is 10.1 Å².